The number of aromatic nitrogens is 3. The quantitative estimate of drug-likeness (QED) is 0.544. The van der Waals surface area contributed by atoms with E-state index in [1.54, 1.807) is 16.8 Å². The molecule has 1 atom stereocenters. The van der Waals surface area contributed by atoms with Crippen molar-refractivity contribution >= 4 is 11.6 Å². The van der Waals surface area contributed by atoms with Crippen LogP contribution in [0.3, 0.4) is 0 Å². The largest absolute Gasteiger partial charge is 0.324 e. The smallest absolute Gasteiger partial charge is 0.226 e. The zero-order chi connectivity index (χ0) is 18.9. The number of nitrogens with zero attached hydrogens (tertiary/aromatic N) is 3. The average Bonchev–Trinajstić information content (AvgIpc) is 3.23. The monoisotopic (exact) mass is 368 g/mol. The van der Waals surface area contributed by atoms with Gasteiger partial charge in [0.25, 0.3) is 0 Å². The van der Waals surface area contributed by atoms with Crippen molar-refractivity contribution in [2.24, 2.45) is 0 Å². The van der Waals surface area contributed by atoms with Gasteiger partial charge < -0.3 is 5.32 Å². The van der Waals surface area contributed by atoms with Gasteiger partial charge in [0.15, 0.2) is 0 Å². The molecule has 0 spiro atoms. The molecule has 28 heavy (non-hydrogen) atoms. The summed E-state index contributed by atoms with van der Waals surface area (Å²) < 4.78 is 16.1. The molecule has 0 fully saturated rings. The van der Waals surface area contributed by atoms with E-state index in [1.807, 2.05) is 30.3 Å². The molecule has 1 aliphatic heterocycles. The summed E-state index contributed by atoms with van der Waals surface area (Å²) in [7, 11) is 0. The van der Waals surface area contributed by atoms with Crippen molar-refractivity contribution in [2.45, 2.75) is 6.04 Å². The van der Waals surface area contributed by atoms with E-state index in [9.17, 15) is 4.39 Å². The highest BCUT2D eigenvalue weighted by Crippen LogP contribution is 2.33. The van der Waals surface area contributed by atoms with Gasteiger partial charge in [-0.1, -0.05) is 72.8 Å². The summed E-state index contributed by atoms with van der Waals surface area (Å²) in [6, 6.07) is 25.0. The molecule has 136 valence electrons. The molecule has 4 aromatic rings. The van der Waals surface area contributed by atoms with E-state index in [2.05, 4.69) is 51.8 Å². The van der Waals surface area contributed by atoms with E-state index in [-0.39, 0.29) is 11.9 Å². The average molecular weight is 368 g/mol. The molecule has 0 bridgehead atoms. The molecule has 2 heterocycles. The van der Waals surface area contributed by atoms with E-state index >= 15 is 0 Å². The van der Waals surface area contributed by atoms with Gasteiger partial charge in [-0.25, -0.2) is 9.07 Å². The SMILES string of the molecule is Fc1ccccc1[C@@H]1C=C(c2ccc(-c3ccccc3)cc2)Nc2ncnn21. The summed E-state index contributed by atoms with van der Waals surface area (Å²) in [5, 5.41) is 7.57. The molecule has 5 heteroatoms. The Balaban J connectivity index is 1.54. The Morgan fingerprint density at radius 3 is 2.25 bits per heavy atom. The predicted molar refractivity (Wildman–Crippen MR) is 108 cm³/mol. The van der Waals surface area contributed by atoms with Crippen LogP contribution in [0.4, 0.5) is 10.3 Å². The van der Waals surface area contributed by atoms with Gasteiger partial charge in [0.2, 0.25) is 5.95 Å². The molecule has 0 saturated heterocycles. The van der Waals surface area contributed by atoms with Crippen LogP contribution in [0.2, 0.25) is 0 Å². The first-order valence-corrected chi connectivity index (χ1v) is 9.08. The van der Waals surface area contributed by atoms with Crippen molar-refractivity contribution in [2.75, 3.05) is 5.32 Å². The Hall–Kier alpha value is -3.73. The van der Waals surface area contributed by atoms with Crippen molar-refractivity contribution in [3.05, 3.63) is 108 Å². The molecule has 3 aromatic carbocycles. The standard InChI is InChI=1S/C23H17FN4/c24-20-9-5-4-8-19(20)22-14-21(27-23-25-15-26-28(22)23)18-12-10-17(11-13-18)16-6-2-1-3-7-16/h1-15,22H,(H,25,26,27)/t22-/m0/s1. The zero-order valence-electron chi connectivity index (χ0n) is 15.0. The topological polar surface area (TPSA) is 42.7 Å². The number of benzene rings is 3. The second-order valence-corrected chi connectivity index (χ2v) is 6.64. The molecule has 1 N–H and O–H groups in total. The number of halogens is 1. The third kappa shape index (κ3) is 2.87. The first-order chi connectivity index (χ1) is 13.8. The van der Waals surface area contributed by atoms with E-state index < -0.39 is 0 Å². The predicted octanol–water partition coefficient (Wildman–Crippen LogP) is 5.14. The van der Waals surface area contributed by atoms with Crippen LogP contribution in [0.5, 0.6) is 0 Å². The fraction of sp³-hybridized carbons (Fsp3) is 0.0435. The lowest BCUT2D eigenvalue weighted by Crippen LogP contribution is -2.21. The van der Waals surface area contributed by atoms with Crippen molar-refractivity contribution in [1.82, 2.24) is 14.8 Å². The van der Waals surface area contributed by atoms with Crippen LogP contribution in [0.25, 0.3) is 16.8 Å². The first-order valence-electron chi connectivity index (χ1n) is 9.08. The Kier molecular flexibility index (Phi) is 3.98. The van der Waals surface area contributed by atoms with E-state index in [0.717, 1.165) is 16.8 Å². The minimum Gasteiger partial charge on any atom is -0.324 e. The van der Waals surface area contributed by atoms with Crippen molar-refractivity contribution in [1.29, 1.82) is 0 Å². The molecule has 0 saturated carbocycles. The fourth-order valence-corrected chi connectivity index (χ4v) is 3.51. The van der Waals surface area contributed by atoms with Gasteiger partial charge in [0.05, 0.1) is 0 Å². The van der Waals surface area contributed by atoms with Gasteiger partial charge in [-0.2, -0.15) is 10.1 Å². The van der Waals surface area contributed by atoms with Crippen LogP contribution < -0.4 is 5.32 Å². The lowest BCUT2D eigenvalue weighted by Gasteiger charge is -2.24. The molecule has 1 aromatic heterocycles. The molecule has 4 nitrogen and oxygen atoms in total. The first kappa shape index (κ1) is 16.4. The summed E-state index contributed by atoms with van der Waals surface area (Å²) in [5.41, 5.74) is 4.77. The van der Waals surface area contributed by atoms with Gasteiger partial charge in [-0.3, -0.25) is 0 Å². The fourth-order valence-electron chi connectivity index (χ4n) is 3.51. The summed E-state index contributed by atoms with van der Waals surface area (Å²) >= 11 is 0. The Morgan fingerprint density at radius 1 is 0.786 bits per heavy atom. The van der Waals surface area contributed by atoms with Crippen LogP contribution >= 0.6 is 0 Å². The lowest BCUT2D eigenvalue weighted by atomic mass is 9.99. The number of nitrogens with one attached hydrogen (secondary N) is 1. The van der Waals surface area contributed by atoms with Crippen LogP contribution in [-0.2, 0) is 0 Å². The zero-order valence-corrected chi connectivity index (χ0v) is 15.0. The highest BCUT2D eigenvalue weighted by molar-refractivity contribution is 5.78. The minimum atomic E-state index is -0.358. The summed E-state index contributed by atoms with van der Waals surface area (Å²) in [6.45, 7) is 0. The molecular weight excluding hydrogens is 351 g/mol. The number of fused-ring (bicyclic) bond motifs is 1. The minimum absolute atomic E-state index is 0.258. The number of rotatable bonds is 3. The number of hydrogen-bond acceptors (Lipinski definition) is 3. The van der Waals surface area contributed by atoms with Crippen LogP contribution in [-0.4, -0.2) is 14.8 Å². The van der Waals surface area contributed by atoms with Crippen LogP contribution in [0.1, 0.15) is 17.2 Å². The maximum absolute atomic E-state index is 14.4. The number of hydrogen-bond donors (Lipinski definition) is 1. The summed E-state index contributed by atoms with van der Waals surface area (Å²) in [6.07, 6.45) is 3.46. The van der Waals surface area contributed by atoms with E-state index in [0.29, 0.717) is 11.5 Å². The van der Waals surface area contributed by atoms with Gasteiger partial charge >= 0.3 is 0 Å². The molecule has 0 unspecified atom stereocenters. The normalized spacial score (nSPS) is 15.5. The Morgan fingerprint density at radius 2 is 1.46 bits per heavy atom. The molecule has 0 aliphatic carbocycles. The number of anilines is 1. The second kappa shape index (κ2) is 6.78. The maximum atomic E-state index is 14.4. The maximum Gasteiger partial charge on any atom is 0.226 e. The molecular formula is C23H17FN4. The second-order valence-electron chi connectivity index (χ2n) is 6.64. The van der Waals surface area contributed by atoms with Crippen LogP contribution in [0.15, 0.2) is 91.3 Å². The molecule has 5 rings (SSSR count). The van der Waals surface area contributed by atoms with Crippen LogP contribution in [0, 0.1) is 5.82 Å². The molecule has 0 amide bonds. The third-order valence-electron chi connectivity index (χ3n) is 4.93. The summed E-state index contributed by atoms with van der Waals surface area (Å²) in [5.74, 6) is 0.337. The summed E-state index contributed by atoms with van der Waals surface area (Å²) in [4.78, 5) is 4.28. The van der Waals surface area contributed by atoms with Crippen molar-refractivity contribution < 1.29 is 4.39 Å². The van der Waals surface area contributed by atoms with Gasteiger partial charge in [-0.15, -0.1) is 0 Å². The van der Waals surface area contributed by atoms with Gasteiger partial charge in [-0.05, 0) is 28.8 Å². The van der Waals surface area contributed by atoms with E-state index in [4.69, 9.17) is 0 Å². The highest BCUT2D eigenvalue weighted by atomic mass is 19.1. The van der Waals surface area contributed by atoms with Gasteiger partial charge in [0.1, 0.15) is 18.2 Å². The molecule has 0 radical (unpaired) electrons. The lowest BCUT2D eigenvalue weighted by molar-refractivity contribution is 0.551. The molecule has 1 aliphatic rings. The Bertz CT molecular complexity index is 1150. The van der Waals surface area contributed by atoms with Crippen molar-refractivity contribution in [3.63, 3.8) is 0 Å². The van der Waals surface area contributed by atoms with Gasteiger partial charge in [0, 0.05) is 11.3 Å². The van der Waals surface area contributed by atoms with Crippen molar-refractivity contribution in [3.8, 4) is 11.1 Å². The Labute approximate surface area is 162 Å². The number of allylic oxidation sites excluding steroid dienone is 1. The third-order valence-corrected chi connectivity index (χ3v) is 4.93. The highest BCUT2D eigenvalue weighted by Gasteiger charge is 2.25. The van der Waals surface area contributed by atoms with E-state index in [1.165, 1.54) is 18.0 Å².